The fraction of sp³-hybridized carbons (Fsp3) is 0.333. The molecule has 0 spiro atoms. The van der Waals surface area contributed by atoms with Gasteiger partial charge >= 0.3 is 0 Å². The molecule has 0 saturated carbocycles. The summed E-state index contributed by atoms with van der Waals surface area (Å²) >= 11 is 1.37. The maximum Gasteiger partial charge on any atom is 0.262 e. The molecule has 4 nitrogen and oxygen atoms in total. The molecule has 0 unspecified atom stereocenters. The second-order valence-corrected chi connectivity index (χ2v) is 3.69. The Kier molecular flexibility index (Phi) is 3.64. The summed E-state index contributed by atoms with van der Waals surface area (Å²) in [5.74, 6) is -0.761. The maximum atomic E-state index is 11.5. The third-order valence-corrected chi connectivity index (χ3v) is 2.71. The number of carbonyl (C=O) groups is 2. The number of carbonyl (C=O) groups excluding carboxylic acids is 2. The van der Waals surface area contributed by atoms with Crippen LogP contribution in [0.1, 0.15) is 22.2 Å². The van der Waals surface area contributed by atoms with Gasteiger partial charge in [-0.15, -0.1) is 11.3 Å². The van der Waals surface area contributed by atoms with Gasteiger partial charge < -0.3 is 11.1 Å². The van der Waals surface area contributed by atoms with Crippen molar-refractivity contribution in [3.8, 4) is 0 Å². The van der Waals surface area contributed by atoms with Crippen molar-refractivity contribution in [2.75, 3.05) is 6.54 Å². The zero-order valence-electron chi connectivity index (χ0n) is 7.87. The molecule has 1 heterocycles. The Balaban J connectivity index is 2.64. The van der Waals surface area contributed by atoms with Gasteiger partial charge in [0.25, 0.3) is 5.91 Å². The molecule has 0 radical (unpaired) electrons. The predicted octanol–water partition coefficient (Wildman–Crippen LogP) is 0.526. The van der Waals surface area contributed by atoms with Gasteiger partial charge in [-0.05, 0) is 23.4 Å². The lowest BCUT2D eigenvalue weighted by Crippen LogP contribution is -2.33. The number of amides is 2. The Labute approximate surface area is 86.1 Å². The standard InChI is InChI=1S/C9H12N2O2S/c1-2-6-3-4-14-8(6)9(13)11-5-7(10)12/h3-4H,2,5H2,1H3,(H2,10,12)(H,11,13). The Morgan fingerprint density at radius 1 is 1.57 bits per heavy atom. The van der Waals surface area contributed by atoms with Crippen LogP contribution in [-0.4, -0.2) is 18.4 Å². The Morgan fingerprint density at radius 2 is 2.29 bits per heavy atom. The van der Waals surface area contributed by atoms with Crippen LogP contribution in [0.15, 0.2) is 11.4 Å². The van der Waals surface area contributed by atoms with E-state index in [1.807, 2.05) is 18.4 Å². The van der Waals surface area contributed by atoms with E-state index in [-0.39, 0.29) is 12.5 Å². The molecule has 0 saturated heterocycles. The summed E-state index contributed by atoms with van der Waals surface area (Å²) in [6.45, 7) is 1.87. The molecule has 3 N–H and O–H groups in total. The highest BCUT2D eigenvalue weighted by Gasteiger charge is 2.11. The quantitative estimate of drug-likeness (QED) is 0.764. The van der Waals surface area contributed by atoms with Crippen molar-refractivity contribution in [1.29, 1.82) is 0 Å². The minimum Gasteiger partial charge on any atom is -0.368 e. The van der Waals surface area contributed by atoms with E-state index in [9.17, 15) is 9.59 Å². The topological polar surface area (TPSA) is 72.2 Å². The van der Waals surface area contributed by atoms with Crippen molar-refractivity contribution >= 4 is 23.2 Å². The molecule has 14 heavy (non-hydrogen) atoms. The van der Waals surface area contributed by atoms with Gasteiger partial charge in [-0.3, -0.25) is 9.59 Å². The van der Waals surface area contributed by atoms with Crippen LogP contribution in [0.25, 0.3) is 0 Å². The lowest BCUT2D eigenvalue weighted by molar-refractivity contribution is -0.117. The van der Waals surface area contributed by atoms with Gasteiger partial charge in [0.2, 0.25) is 5.91 Å². The molecular weight excluding hydrogens is 200 g/mol. The number of thiophene rings is 1. The van der Waals surface area contributed by atoms with Crippen LogP contribution in [0.3, 0.4) is 0 Å². The van der Waals surface area contributed by atoms with Crippen LogP contribution in [0.5, 0.6) is 0 Å². The summed E-state index contributed by atoms with van der Waals surface area (Å²) in [5.41, 5.74) is 5.91. The first-order chi connectivity index (χ1) is 6.65. The van der Waals surface area contributed by atoms with Crippen molar-refractivity contribution in [3.05, 3.63) is 21.9 Å². The third kappa shape index (κ3) is 2.56. The van der Waals surface area contributed by atoms with E-state index in [0.717, 1.165) is 12.0 Å². The molecule has 0 aromatic carbocycles. The molecule has 2 amide bonds. The molecule has 76 valence electrons. The summed E-state index contributed by atoms with van der Waals surface area (Å²) in [6.07, 6.45) is 0.808. The SMILES string of the molecule is CCc1ccsc1C(=O)NCC(N)=O. The second kappa shape index (κ2) is 4.76. The van der Waals surface area contributed by atoms with Crippen LogP contribution in [-0.2, 0) is 11.2 Å². The molecule has 0 aliphatic rings. The molecule has 0 aliphatic heterocycles. The monoisotopic (exact) mass is 212 g/mol. The Morgan fingerprint density at radius 3 is 2.86 bits per heavy atom. The van der Waals surface area contributed by atoms with Crippen LogP contribution < -0.4 is 11.1 Å². The number of hydrogen-bond acceptors (Lipinski definition) is 3. The molecule has 1 aromatic heterocycles. The molecule has 0 bridgehead atoms. The van der Waals surface area contributed by atoms with Gasteiger partial charge in [-0.25, -0.2) is 0 Å². The number of nitrogens with one attached hydrogen (secondary N) is 1. The molecule has 5 heteroatoms. The van der Waals surface area contributed by atoms with Gasteiger partial charge in [-0.1, -0.05) is 6.92 Å². The molecule has 1 aromatic rings. The summed E-state index contributed by atoms with van der Waals surface area (Å²) < 4.78 is 0. The molecule has 0 aliphatic carbocycles. The van der Waals surface area contributed by atoms with E-state index in [1.165, 1.54) is 11.3 Å². The van der Waals surface area contributed by atoms with Crippen molar-refractivity contribution in [1.82, 2.24) is 5.32 Å². The van der Waals surface area contributed by atoms with Gasteiger partial charge in [0, 0.05) is 0 Å². The number of primary amides is 1. The number of rotatable bonds is 4. The first-order valence-electron chi connectivity index (χ1n) is 4.28. The number of hydrogen-bond donors (Lipinski definition) is 2. The predicted molar refractivity (Wildman–Crippen MR) is 55.2 cm³/mol. The van der Waals surface area contributed by atoms with E-state index in [4.69, 9.17) is 5.73 Å². The lowest BCUT2D eigenvalue weighted by atomic mass is 10.2. The first kappa shape index (κ1) is 10.7. The summed E-state index contributed by atoms with van der Waals surface area (Å²) in [5, 5.41) is 4.32. The smallest absolute Gasteiger partial charge is 0.262 e. The van der Waals surface area contributed by atoms with Crippen LogP contribution >= 0.6 is 11.3 Å². The van der Waals surface area contributed by atoms with Crippen molar-refractivity contribution in [3.63, 3.8) is 0 Å². The van der Waals surface area contributed by atoms with Crippen LogP contribution in [0.2, 0.25) is 0 Å². The van der Waals surface area contributed by atoms with Crippen molar-refractivity contribution in [2.45, 2.75) is 13.3 Å². The second-order valence-electron chi connectivity index (χ2n) is 2.78. The van der Waals surface area contributed by atoms with E-state index in [0.29, 0.717) is 4.88 Å². The zero-order valence-corrected chi connectivity index (χ0v) is 8.69. The van der Waals surface area contributed by atoms with Crippen LogP contribution in [0, 0.1) is 0 Å². The minimum atomic E-state index is -0.534. The van der Waals surface area contributed by atoms with E-state index in [2.05, 4.69) is 5.32 Å². The third-order valence-electron chi connectivity index (χ3n) is 1.76. The summed E-state index contributed by atoms with van der Waals surface area (Å²) in [7, 11) is 0. The Hall–Kier alpha value is -1.36. The normalized spacial score (nSPS) is 9.79. The van der Waals surface area contributed by atoms with Crippen LogP contribution in [0.4, 0.5) is 0 Å². The molecular formula is C9H12N2O2S. The van der Waals surface area contributed by atoms with E-state index >= 15 is 0 Å². The highest BCUT2D eigenvalue weighted by molar-refractivity contribution is 7.12. The number of nitrogens with two attached hydrogens (primary N) is 1. The largest absolute Gasteiger partial charge is 0.368 e. The number of aryl methyl sites for hydroxylation is 1. The minimum absolute atomic E-state index is 0.111. The van der Waals surface area contributed by atoms with Gasteiger partial charge in [0.15, 0.2) is 0 Å². The highest BCUT2D eigenvalue weighted by atomic mass is 32.1. The van der Waals surface area contributed by atoms with Crippen molar-refractivity contribution in [2.24, 2.45) is 5.73 Å². The molecule has 0 atom stereocenters. The molecule has 0 fully saturated rings. The fourth-order valence-corrected chi connectivity index (χ4v) is 1.97. The summed E-state index contributed by atoms with van der Waals surface area (Å²) in [4.78, 5) is 22.6. The average Bonchev–Trinajstić information content (AvgIpc) is 2.61. The Bertz CT molecular complexity index is 346. The van der Waals surface area contributed by atoms with E-state index in [1.54, 1.807) is 0 Å². The lowest BCUT2D eigenvalue weighted by Gasteiger charge is -2.01. The molecule has 1 rings (SSSR count). The van der Waals surface area contributed by atoms with Gasteiger partial charge in [0.05, 0.1) is 11.4 Å². The van der Waals surface area contributed by atoms with E-state index < -0.39 is 5.91 Å². The van der Waals surface area contributed by atoms with Gasteiger partial charge in [0.1, 0.15) is 0 Å². The highest BCUT2D eigenvalue weighted by Crippen LogP contribution is 2.16. The van der Waals surface area contributed by atoms with Gasteiger partial charge in [-0.2, -0.15) is 0 Å². The zero-order chi connectivity index (χ0) is 10.6. The maximum absolute atomic E-state index is 11.5. The average molecular weight is 212 g/mol. The fourth-order valence-electron chi connectivity index (χ4n) is 1.06. The summed E-state index contributed by atoms with van der Waals surface area (Å²) in [6, 6.07) is 1.91. The van der Waals surface area contributed by atoms with Crippen molar-refractivity contribution < 1.29 is 9.59 Å². The first-order valence-corrected chi connectivity index (χ1v) is 5.16.